The van der Waals surface area contributed by atoms with Gasteiger partial charge in [-0.1, -0.05) is 54.6 Å². The van der Waals surface area contributed by atoms with Gasteiger partial charge in [0.1, 0.15) is 17.9 Å². The standard InChI is InChI=1S/C29H31N5O5/c1-18(35)32-24(15-16-26(36)37)28(38)34-25(29(39)33-23-13-11-22(12-14-23)27(30)31)17-19-7-9-21(10-8-19)20-5-3-2-4-6-20/h2-14,24-25H,15-17H2,1H3,(H3,30,31)(H,32,35)(H,33,39)(H,34,38)(H,36,37)/t24-,25-/m1/s1. The Morgan fingerprint density at radius 1 is 0.821 bits per heavy atom. The number of nitrogens with two attached hydrogens (primary N) is 1. The van der Waals surface area contributed by atoms with E-state index in [1.54, 1.807) is 24.3 Å². The molecule has 0 aliphatic rings. The lowest BCUT2D eigenvalue weighted by atomic mass is 9.99. The van der Waals surface area contributed by atoms with Gasteiger partial charge < -0.3 is 26.8 Å². The van der Waals surface area contributed by atoms with Gasteiger partial charge in [0.15, 0.2) is 0 Å². The summed E-state index contributed by atoms with van der Waals surface area (Å²) in [6.07, 6.45) is -0.323. The van der Waals surface area contributed by atoms with Crippen LogP contribution < -0.4 is 21.7 Å². The molecule has 0 saturated heterocycles. The first-order valence-corrected chi connectivity index (χ1v) is 12.3. The molecule has 0 radical (unpaired) electrons. The van der Waals surface area contributed by atoms with Crippen molar-refractivity contribution < 1.29 is 24.3 Å². The molecule has 10 nitrogen and oxygen atoms in total. The van der Waals surface area contributed by atoms with E-state index in [1.165, 1.54) is 6.92 Å². The average molecular weight is 530 g/mol. The highest BCUT2D eigenvalue weighted by Gasteiger charge is 2.27. The highest BCUT2D eigenvalue weighted by molar-refractivity contribution is 5.99. The predicted octanol–water partition coefficient (Wildman–Crippen LogP) is 2.67. The molecule has 0 heterocycles. The van der Waals surface area contributed by atoms with Gasteiger partial charge in [0.05, 0.1) is 0 Å². The van der Waals surface area contributed by atoms with Gasteiger partial charge in [-0.05, 0) is 47.4 Å². The van der Waals surface area contributed by atoms with E-state index < -0.39 is 35.8 Å². The Kier molecular flexibility index (Phi) is 9.91. The number of amidine groups is 1. The minimum absolute atomic E-state index is 0.109. The Balaban J connectivity index is 1.81. The van der Waals surface area contributed by atoms with Crippen molar-refractivity contribution in [3.63, 3.8) is 0 Å². The summed E-state index contributed by atoms with van der Waals surface area (Å²) in [6, 6.07) is 21.6. The average Bonchev–Trinajstić information content (AvgIpc) is 2.91. The van der Waals surface area contributed by atoms with Crippen LogP contribution in [0.2, 0.25) is 0 Å². The summed E-state index contributed by atoms with van der Waals surface area (Å²) in [7, 11) is 0. The number of nitrogens with one attached hydrogen (secondary N) is 4. The number of aliphatic carboxylic acids is 1. The number of benzene rings is 3. The molecule has 0 bridgehead atoms. The van der Waals surface area contributed by atoms with Crippen LogP contribution in [0.3, 0.4) is 0 Å². The third kappa shape index (κ3) is 8.81. The first-order valence-electron chi connectivity index (χ1n) is 12.3. The Labute approximate surface area is 226 Å². The SMILES string of the molecule is CC(=O)N[C@H](CCC(=O)O)C(=O)N[C@H](Cc1ccc(-c2ccccc2)cc1)C(=O)Nc1ccc(C(=N)N)cc1. The van der Waals surface area contributed by atoms with E-state index in [1.807, 2.05) is 54.6 Å². The second-order valence-corrected chi connectivity index (χ2v) is 8.99. The zero-order valence-electron chi connectivity index (χ0n) is 21.4. The van der Waals surface area contributed by atoms with Gasteiger partial charge >= 0.3 is 5.97 Å². The molecule has 0 aliphatic carbocycles. The highest BCUT2D eigenvalue weighted by Crippen LogP contribution is 2.20. The molecule has 3 amide bonds. The van der Waals surface area contributed by atoms with Gasteiger partial charge in [-0.15, -0.1) is 0 Å². The largest absolute Gasteiger partial charge is 0.481 e. The lowest BCUT2D eigenvalue weighted by molar-refractivity contribution is -0.138. The van der Waals surface area contributed by atoms with Crippen molar-refractivity contribution in [2.24, 2.45) is 5.73 Å². The normalized spacial score (nSPS) is 12.0. The van der Waals surface area contributed by atoms with Crippen molar-refractivity contribution in [2.45, 2.75) is 38.3 Å². The van der Waals surface area contributed by atoms with Crippen LogP contribution in [0.4, 0.5) is 5.69 Å². The van der Waals surface area contributed by atoms with Gasteiger partial charge in [-0.3, -0.25) is 24.6 Å². The molecular formula is C29H31N5O5. The summed E-state index contributed by atoms with van der Waals surface area (Å²) in [4.78, 5) is 49.1. The Bertz CT molecular complexity index is 1320. The number of amides is 3. The zero-order valence-corrected chi connectivity index (χ0v) is 21.4. The molecule has 10 heteroatoms. The van der Waals surface area contributed by atoms with Gasteiger partial charge in [0, 0.05) is 31.0 Å². The van der Waals surface area contributed by atoms with Crippen molar-refractivity contribution >= 4 is 35.2 Å². The highest BCUT2D eigenvalue weighted by atomic mass is 16.4. The minimum Gasteiger partial charge on any atom is -0.481 e. The monoisotopic (exact) mass is 529 g/mol. The summed E-state index contributed by atoms with van der Waals surface area (Å²) in [5, 5.41) is 24.4. The molecule has 7 N–H and O–H groups in total. The first-order chi connectivity index (χ1) is 18.6. The van der Waals surface area contributed by atoms with Crippen molar-refractivity contribution in [2.75, 3.05) is 5.32 Å². The number of rotatable bonds is 12. The lowest BCUT2D eigenvalue weighted by Crippen LogP contribution is -2.53. The van der Waals surface area contributed by atoms with Crippen LogP contribution in [0.25, 0.3) is 11.1 Å². The van der Waals surface area contributed by atoms with Gasteiger partial charge in [-0.25, -0.2) is 0 Å². The fourth-order valence-corrected chi connectivity index (χ4v) is 3.93. The maximum Gasteiger partial charge on any atom is 0.303 e. The molecule has 0 saturated carbocycles. The molecule has 0 unspecified atom stereocenters. The van der Waals surface area contributed by atoms with Crippen LogP contribution in [0.15, 0.2) is 78.9 Å². The number of carbonyl (C=O) groups is 4. The van der Waals surface area contributed by atoms with E-state index in [-0.39, 0.29) is 25.1 Å². The number of carboxylic acid groups (broad SMARTS) is 1. The fraction of sp³-hybridized carbons (Fsp3) is 0.207. The van der Waals surface area contributed by atoms with E-state index in [9.17, 15) is 19.2 Å². The number of carboxylic acids is 1. The number of carbonyl (C=O) groups excluding carboxylic acids is 3. The van der Waals surface area contributed by atoms with Crippen LogP contribution in [-0.2, 0) is 25.6 Å². The molecule has 0 aromatic heterocycles. The fourth-order valence-electron chi connectivity index (χ4n) is 3.93. The quantitative estimate of drug-likeness (QED) is 0.155. The van der Waals surface area contributed by atoms with E-state index >= 15 is 0 Å². The lowest BCUT2D eigenvalue weighted by Gasteiger charge is -2.23. The van der Waals surface area contributed by atoms with E-state index in [2.05, 4.69) is 16.0 Å². The molecular weight excluding hydrogens is 498 g/mol. The van der Waals surface area contributed by atoms with E-state index in [4.69, 9.17) is 16.2 Å². The molecule has 3 aromatic carbocycles. The van der Waals surface area contributed by atoms with Crippen LogP contribution in [-0.4, -0.2) is 46.7 Å². The van der Waals surface area contributed by atoms with Crippen LogP contribution in [0, 0.1) is 5.41 Å². The Morgan fingerprint density at radius 3 is 2.00 bits per heavy atom. The van der Waals surface area contributed by atoms with E-state index in [0.29, 0.717) is 11.3 Å². The van der Waals surface area contributed by atoms with Crippen LogP contribution in [0.5, 0.6) is 0 Å². The van der Waals surface area contributed by atoms with Crippen molar-refractivity contribution in [1.29, 1.82) is 5.41 Å². The Hall–Kier alpha value is -4.99. The smallest absolute Gasteiger partial charge is 0.303 e. The molecule has 3 aromatic rings. The topological polar surface area (TPSA) is 174 Å². The second-order valence-electron chi connectivity index (χ2n) is 8.99. The summed E-state index contributed by atoms with van der Waals surface area (Å²) >= 11 is 0. The molecule has 0 aliphatic heterocycles. The molecule has 0 spiro atoms. The van der Waals surface area contributed by atoms with Crippen molar-refractivity contribution in [3.8, 4) is 11.1 Å². The van der Waals surface area contributed by atoms with Gasteiger partial charge in [-0.2, -0.15) is 0 Å². The maximum atomic E-state index is 13.3. The van der Waals surface area contributed by atoms with Gasteiger partial charge in [0.25, 0.3) is 0 Å². The number of nitrogen functional groups attached to an aromatic ring is 1. The summed E-state index contributed by atoms with van der Waals surface area (Å²) in [5.41, 5.74) is 9.24. The molecule has 3 rings (SSSR count). The van der Waals surface area contributed by atoms with Gasteiger partial charge in [0.2, 0.25) is 17.7 Å². The predicted molar refractivity (Wildman–Crippen MR) is 148 cm³/mol. The number of hydrogen-bond acceptors (Lipinski definition) is 5. The maximum absolute atomic E-state index is 13.3. The molecule has 39 heavy (non-hydrogen) atoms. The number of anilines is 1. The zero-order chi connectivity index (χ0) is 28.4. The third-order valence-electron chi connectivity index (χ3n) is 5.94. The minimum atomic E-state index is -1.12. The first kappa shape index (κ1) is 28.6. The third-order valence-corrected chi connectivity index (χ3v) is 5.94. The summed E-state index contributed by atoms with van der Waals surface area (Å²) < 4.78 is 0. The number of hydrogen-bond donors (Lipinski definition) is 6. The van der Waals surface area contributed by atoms with E-state index in [0.717, 1.165) is 16.7 Å². The van der Waals surface area contributed by atoms with Crippen molar-refractivity contribution in [3.05, 3.63) is 90.0 Å². The summed E-state index contributed by atoms with van der Waals surface area (Å²) in [5.74, 6) is -2.89. The second kappa shape index (κ2) is 13.5. The van der Waals surface area contributed by atoms with Crippen molar-refractivity contribution in [1.82, 2.24) is 10.6 Å². The van der Waals surface area contributed by atoms with Crippen LogP contribution >= 0.6 is 0 Å². The molecule has 202 valence electrons. The summed E-state index contributed by atoms with van der Waals surface area (Å²) in [6.45, 7) is 1.23. The Morgan fingerprint density at radius 2 is 1.44 bits per heavy atom. The molecule has 0 fully saturated rings. The molecule has 2 atom stereocenters. The van der Waals surface area contributed by atoms with Crippen LogP contribution in [0.1, 0.15) is 30.9 Å².